The Balaban J connectivity index is 1.99. The molecular weight excluding hydrogens is 398 g/mol. The number of anilines is 1. The number of methoxy groups -OCH3 is 1. The van der Waals surface area contributed by atoms with Gasteiger partial charge in [0.05, 0.1) is 17.1 Å². The van der Waals surface area contributed by atoms with E-state index in [4.69, 9.17) is 16.3 Å². The van der Waals surface area contributed by atoms with E-state index in [9.17, 15) is 9.59 Å². The summed E-state index contributed by atoms with van der Waals surface area (Å²) >= 11 is 9.21. The maximum atomic E-state index is 12.2. The molecule has 0 fully saturated rings. The topological polar surface area (TPSA) is 64.6 Å². The summed E-state index contributed by atoms with van der Waals surface area (Å²) in [5.74, 6) is -0.233. The van der Waals surface area contributed by atoms with Gasteiger partial charge in [0, 0.05) is 10.7 Å². The lowest BCUT2D eigenvalue weighted by molar-refractivity contribution is -0.122. The van der Waals surface area contributed by atoms with E-state index >= 15 is 0 Å². The predicted octanol–water partition coefficient (Wildman–Crippen LogP) is 4.30. The summed E-state index contributed by atoms with van der Waals surface area (Å²) in [4.78, 5) is 23.6. The number of carbonyl (C=O) groups is 2. The van der Waals surface area contributed by atoms with Gasteiger partial charge in [-0.05, 0) is 65.3 Å². The number of ether oxygens (including phenoxy) is 2. The third kappa shape index (κ3) is 4.72. The van der Waals surface area contributed by atoms with Gasteiger partial charge < -0.3 is 14.8 Å². The number of amides is 1. The van der Waals surface area contributed by atoms with Crippen LogP contribution in [0.25, 0.3) is 0 Å². The van der Waals surface area contributed by atoms with E-state index in [1.807, 2.05) is 0 Å². The van der Waals surface area contributed by atoms with E-state index in [0.717, 1.165) is 0 Å². The fraction of sp³-hybridized carbons (Fsp3) is 0.176. The van der Waals surface area contributed by atoms with Crippen molar-refractivity contribution in [2.45, 2.75) is 13.0 Å². The van der Waals surface area contributed by atoms with Crippen LogP contribution in [0.3, 0.4) is 0 Å². The Hall–Kier alpha value is -2.05. The Labute approximate surface area is 153 Å². The molecule has 0 spiro atoms. The van der Waals surface area contributed by atoms with E-state index < -0.39 is 12.1 Å². The van der Waals surface area contributed by atoms with E-state index in [1.165, 1.54) is 7.11 Å². The summed E-state index contributed by atoms with van der Waals surface area (Å²) < 4.78 is 10.9. The van der Waals surface area contributed by atoms with Gasteiger partial charge in [-0.3, -0.25) is 4.79 Å². The van der Waals surface area contributed by atoms with Crippen molar-refractivity contribution in [1.82, 2.24) is 0 Å². The number of nitrogens with one attached hydrogen (secondary N) is 1. The number of hydrogen-bond acceptors (Lipinski definition) is 4. The van der Waals surface area contributed by atoms with Crippen molar-refractivity contribution in [2.75, 3.05) is 12.4 Å². The Morgan fingerprint density at radius 2 is 1.83 bits per heavy atom. The summed E-state index contributed by atoms with van der Waals surface area (Å²) in [7, 11) is 1.31. The molecule has 0 aliphatic rings. The first-order valence-corrected chi connectivity index (χ1v) is 8.18. The summed E-state index contributed by atoms with van der Waals surface area (Å²) in [5, 5.41) is 3.29. The fourth-order valence-corrected chi connectivity index (χ4v) is 2.64. The molecule has 1 atom stereocenters. The molecule has 126 valence electrons. The lowest BCUT2D eigenvalue weighted by Crippen LogP contribution is -2.30. The van der Waals surface area contributed by atoms with Gasteiger partial charge in [0.1, 0.15) is 5.75 Å². The minimum atomic E-state index is -0.720. The van der Waals surface area contributed by atoms with Crippen molar-refractivity contribution in [3.8, 4) is 5.75 Å². The second kappa shape index (κ2) is 8.17. The predicted molar refractivity (Wildman–Crippen MR) is 95.7 cm³/mol. The molecule has 2 rings (SSSR count). The molecule has 0 saturated heterocycles. The molecule has 1 unspecified atom stereocenters. The number of carbonyl (C=O) groups excluding carboxylic acids is 2. The van der Waals surface area contributed by atoms with Crippen molar-refractivity contribution in [3.05, 3.63) is 57.5 Å². The SMILES string of the molecule is COC(=O)c1ccc(NC(=O)C(C)Oc2ccc(Cl)cc2Br)cc1. The van der Waals surface area contributed by atoms with Crippen molar-refractivity contribution in [3.63, 3.8) is 0 Å². The minimum Gasteiger partial charge on any atom is -0.480 e. The largest absolute Gasteiger partial charge is 0.480 e. The van der Waals surface area contributed by atoms with Crippen LogP contribution in [-0.4, -0.2) is 25.1 Å². The van der Waals surface area contributed by atoms with Gasteiger partial charge in [0.2, 0.25) is 0 Å². The minimum absolute atomic E-state index is 0.317. The maximum absolute atomic E-state index is 12.2. The first-order chi connectivity index (χ1) is 11.4. The van der Waals surface area contributed by atoms with Gasteiger partial charge in [0.15, 0.2) is 6.10 Å². The van der Waals surface area contributed by atoms with Crippen LogP contribution in [0.2, 0.25) is 5.02 Å². The van der Waals surface area contributed by atoms with Gasteiger partial charge in [-0.2, -0.15) is 0 Å². The highest BCUT2D eigenvalue weighted by Crippen LogP contribution is 2.28. The number of benzene rings is 2. The van der Waals surface area contributed by atoms with Crippen LogP contribution in [0, 0.1) is 0 Å². The van der Waals surface area contributed by atoms with Crippen LogP contribution in [0.15, 0.2) is 46.9 Å². The van der Waals surface area contributed by atoms with E-state index in [-0.39, 0.29) is 5.91 Å². The molecule has 0 saturated carbocycles. The van der Waals surface area contributed by atoms with E-state index in [0.29, 0.717) is 26.5 Å². The van der Waals surface area contributed by atoms with E-state index in [2.05, 4.69) is 26.0 Å². The third-order valence-corrected chi connectivity index (χ3v) is 4.00. The Bertz CT molecular complexity index is 749. The molecule has 1 amide bonds. The smallest absolute Gasteiger partial charge is 0.337 e. The van der Waals surface area contributed by atoms with Gasteiger partial charge in [-0.1, -0.05) is 11.6 Å². The standard InChI is InChI=1S/C17H15BrClNO4/c1-10(24-15-8-5-12(19)9-14(15)18)16(21)20-13-6-3-11(4-7-13)17(22)23-2/h3-10H,1-2H3,(H,20,21). The number of rotatable bonds is 5. The molecule has 5 nitrogen and oxygen atoms in total. The molecule has 24 heavy (non-hydrogen) atoms. The monoisotopic (exact) mass is 411 g/mol. The highest BCUT2D eigenvalue weighted by Gasteiger charge is 2.16. The van der Waals surface area contributed by atoms with Crippen LogP contribution < -0.4 is 10.1 Å². The fourth-order valence-electron chi connectivity index (χ4n) is 1.87. The lowest BCUT2D eigenvalue weighted by Gasteiger charge is -2.16. The van der Waals surface area contributed by atoms with Crippen LogP contribution in [0.1, 0.15) is 17.3 Å². The highest BCUT2D eigenvalue weighted by molar-refractivity contribution is 9.10. The molecule has 2 aromatic carbocycles. The molecule has 1 N–H and O–H groups in total. The van der Waals surface area contributed by atoms with Crippen LogP contribution >= 0.6 is 27.5 Å². The number of hydrogen-bond donors (Lipinski definition) is 1. The van der Waals surface area contributed by atoms with Crippen LogP contribution in [0.4, 0.5) is 5.69 Å². The molecular formula is C17H15BrClNO4. The second-order valence-electron chi connectivity index (χ2n) is 4.89. The molecule has 7 heteroatoms. The Kier molecular flexibility index (Phi) is 6.23. The molecule has 0 aliphatic carbocycles. The normalized spacial score (nSPS) is 11.5. The van der Waals surface area contributed by atoms with E-state index in [1.54, 1.807) is 49.4 Å². The van der Waals surface area contributed by atoms with Crippen LogP contribution in [-0.2, 0) is 9.53 Å². The molecule has 0 radical (unpaired) electrons. The molecule has 0 bridgehead atoms. The first kappa shape index (κ1) is 18.3. The van der Waals surface area contributed by atoms with Crippen LogP contribution in [0.5, 0.6) is 5.75 Å². The second-order valence-corrected chi connectivity index (χ2v) is 6.18. The van der Waals surface area contributed by atoms with Crippen molar-refractivity contribution in [1.29, 1.82) is 0 Å². The average Bonchev–Trinajstić information content (AvgIpc) is 2.57. The molecule has 0 aromatic heterocycles. The zero-order valence-corrected chi connectivity index (χ0v) is 15.3. The zero-order chi connectivity index (χ0) is 17.7. The van der Waals surface area contributed by atoms with Crippen molar-refractivity contribution >= 4 is 45.1 Å². The Morgan fingerprint density at radius 1 is 1.17 bits per heavy atom. The van der Waals surface area contributed by atoms with Gasteiger partial charge in [-0.15, -0.1) is 0 Å². The first-order valence-electron chi connectivity index (χ1n) is 7.01. The van der Waals surface area contributed by atoms with Gasteiger partial charge in [-0.25, -0.2) is 4.79 Å². The zero-order valence-electron chi connectivity index (χ0n) is 13.0. The third-order valence-electron chi connectivity index (χ3n) is 3.14. The molecule has 0 heterocycles. The van der Waals surface area contributed by atoms with Gasteiger partial charge >= 0.3 is 5.97 Å². The summed E-state index contributed by atoms with van der Waals surface area (Å²) in [5.41, 5.74) is 0.961. The molecule has 0 aliphatic heterocycles. The lowest BCUT2D eigenvalue weighted by atomic mass is 10.2. The molecule has 2 aromatic rings. The summed E-state index contributed by atoms with van der Waals surface area (Å²) in [6.45, 7) is 1.64. The number of esters is 1. The summed E-state index contributed by atoms with van der Waals surface area (Å²) in [6, 6.07) is 11.4. The Morgan fingerprint density at radius 3 is 2.42 bits per heavy atom. The quantitative estimate of drug-likeness (QED) is 0.744. The maximum Gasteiger partial charge on any atom is 0.337 e. The summed E-state index contributed by atoms with van der Waals surface area (Å²) in [6.07, 6.45) is -0.720. The van der Waals surface area contributed by atoms with Crippen molar-refractivity contribution in [2.24, 2.45) is 0 Å². The average molecular weight is 413 g/mol. The van der Waals surface area contributed by atoms with Crippen molar-refractivity contribution < 1.29 is 19.1 Å². The number of halogens is 2. The highest BCUT2D eigenvalue weighted by atomic mass is 79.9. The van der Waals surface area contributed by atoms with Gasteiger partial charge in [0.25, 0.3) is 5.91 Å².